The van der Waals surface area contributed by atoms with Crippen molar-refractivity contribution in [2.24, 2.45) is 0 Å². The Morgan fingerprint density at radius 1 is 0.917 bits per heavy atom. The third-order valence-corrected chi connectivity index (χ3v) is 4.56. The number of rotatable bonds is 5. The molecule has 0 aromatic heterocycles. The molecule has 2 aromatic carbocycles. The molecule has 9 nitrogen and oxygen atoms in total. The highest BCUT2D eigenvalue weighted by Gasteiger charge is 2.25. The van der Waals surface area contributed by atoms with Gasteiger partial charge in [-0.3, -0.25) is 20.4 Å². The quantitative estimate of drug-likeness (QED) is 0.267. The second-order valence-corrected chi connectivity index (χ2v) is 10.0. The van der Waals surface area contributed by atoms with Crippen LogP contribution in [-0.4, -0.2) is 47.1 Å². The first-order valence-corrected chi connectivity index (χ1v) is 11.3. The zero-order valence-corrected chi connectivity index (χ0v) is 21.8. The summed E-state index contributed by atoms with van der Waals surface area (Å²) in [5.74, 6) is -0.529. The summed E-state index contributed by atoms with van der Waals surface area (Å²) in [6.45, 7) is 13.9. The van der Waals surface area contributed by atoms with Crippen molar-refractivity contribution in [2.45, 2.75) is 52.7 Å². The molecule has 0 atom stereocenters. The minimum atomic E-state index is -0.749. The molecule has 0 heterocycles. The average Bonchev–Trinajstić information content (AvgIpc) is 2.76. The minimum absolute atomic E-state index is 0.187. The molecule has 0 bridgehead atoms. The van der Waals surface area contributed by atoms with Crippen LogP contribution in [0.2, 0.25) is 0 Å². The Balaban J connectivity index is 2.50. The number of hydrogen-bond acceptors (Lipinski definition) is 6. The predicted molar refractivity (Wildman–Crippen MR) is 141 cm³/mol. The van der Waals surface area contributed by atoms with Crippen molar-refractivity contribution >= 4 is 35.3 Å². The van der Waals surface area contributed by atoms with E-state index in [1.165, 1.54) is 13.1 Å². The topological polar surface area (TPSA) is 121 Å². The van der Waals surface area contributed by atoms with E-state index in [4.69, 9.17) is 14.9 Å². The second-order valence-electron chi connectivity index (χ2n) is 10.0. The van der Waals surface area contributed by atoms with Gasteiger partial charge in [-0.2, -0.15) is 0 Å². The van der Waals surface area contributed by atoms with E-state index in [0.29, 0.717) is 11.3 Å². The number of amides is 3. The Hall–Kier alpha value is -4.14. The predicted octanol–water partition coefficient (Wildman–Crippen LogP) is 6.02. The number of nitrogens with one attached hydrogen (secondary N) is 3. The molecule has 0 radical (unpaired) electrons. The lowest BCUT2D eigenvalue weighted by atomic mass is 10.00. The minimum Gasteiger partial charge on any atom is -0.444 e. The van der Waals surface area contributed by atoms with E-state index in [-0.39, 0.29) is 23.0 Å². The molecule has 3 N–H and O–H groups in total. The Bertz CT molecular complexity index is 1180. The number of anilines is 2. The number of carbonyl (C=O) groups excluding carboxylic acids is 3. The lowest BCUT2D eigenvalue weighted by molar-refractivity contribution is -0.111. The number of benzene rings is 2. The summed E-state index contributed by atoms with van der Waals surface area (Å²) in [5.41, 5.74) is 1.09. The third-order valence-electron chi connectivity index (χ3n) is 4.56. The summed E-state index contributed by atoms with van der Waals surface area (Å²) in [7, 11) is 1.42. The van der Waals surface area contributed by atoms with Crippen LogP contribution in [0.4, 0.5) is 21.0 Å². The van der Waals surface area contributed by atoms with E-state index >= 15 is 0 Å². The Kier molecular flexibility index (Phi) is 8.64. The van der Waals surface area contributed by atoms with E-state index in [0.717, 1.165) is 10.5 Å². The lowest BCUT2D eigenvalue weighted by Gasteiger charge is -2.26. The SMILES string of the molecule is C=CC(=O)Nc1cccc(-c2ccc(NC(=O)OC(C)(C)C)c(C(=N)N(C)C(=O)OC(C)(C)C)c2)c1. The molecule has 0 unspecified atom stereocenters. The largest absolute Gasteiger partial charge is 0.444 e. The summed E-state index contributed by atoms with van der Waals surface area (Å²) in [6, 6.07) is 12.2. The molecule has 2 aromatic rings. The highest BCUT2D eigenvalue weighted by atomic mass is 16.6. The van der Waals surface area contributed by atoms with Gasteiger partial charge in [-0.05, 0) is 83.0 Å². The molecule has 192 valence electrons. The van der Waals surface area contributed by atoms with Gasteiger partial charge in [0.05, 0.1) is 5.69 Å². The molecule has 0 fully saturated rings. The molecule has 36 heavy (non-hydrogen) atoms. The summed E-state index contributed by atoms with van der Waals surface area (Å²) in [4.78, 5) is 37.9. The van der Waals surface area contributed by atoms with Crippen molar-refractivity contribution in [1.29, 1.82) is 5.41 Å². The molecule has 0 saturated heterocycles. The molecule has 0 saturated carbocycles. The van der Waals surface area contributed by atoms with Gasteiger partial charge in [-0.1, -0.05) is 24.8 Å². The molecular formula is C27H34N4O5. The van der Waals surface area contributed by atoms with Crippen LogP contribution in [0.5, 0.6) is 0 Å². The Labute approximate surface area is 212 Å². The second kappa shape index (κ2) is 11.1. The number of ether oxygens (including phenoxy) is 2. The number of carbonyl (C=O) groups is 3. The fraction of sp³-hybridized carbons (Fsp3) is 0.333. The van der Waals surface area contributed by atoms with Gasteiger partial charge in [-0.25, -0.2) is 9.59 Å². The van der Waals surface area contributed by atoms with Crippen LogP contribution in [0.25, 0.3) is 11.1 Å². The monoisotopic (exact) mass is 494 g/mol. The normalized spacial score (nSPS) is 11.2. The molecule has 0 aliphatic rings. The maximum atomic E-state index is 12.6. The van der Waals surface area contributed by atoms with Crippen LogP contribution in [0, 0.1) is 5.41 Å². The molecule has 0 spiro atoms. The van der Waals surface area contributed by atoms with Crippen molar-refractivity contribution in [3.63, 3.8) is 0 Å². The van der Waals surface area contributed by atoms with Crippen LogP contribution >= 0.6 is 0 Å². The van der Waals surface area contributed by atoms with Gasteiger partial charge >= 0.3 is 12.2 Å². The van der Waals surface area contributed by atoms with Gasteiger partial charge in [0.15, 0.2) is 0 Å². The molecule has 2 rings (SSSR count). The van der Waals surface area contributed by atoms with Crippen molar-refractivity contribution < 1.29 is 23.9 Å². The molecule has 3 amide bonds. The van der Waals surface area contributed by atoms with Crippen molar-refractivity contribution in [1.82, 2.24) is 4.90 Å². The molecule has 0 aliphatic carbocycles. The van der Waals surface area contributed by atoms with E-state index < -0.39 is 23.4 Å². The first-order chi connectivity index (χ1) is 16.6. The smallest absolute Gasteiger partial charge is 0.415 e. The van der Waals surface area contributed by atoms with Crippen LogP contribution < -0.4 is 10.6 Å². The first kappa shape index (κ1) is 28.1. The molecule has 0 aliphatic heterocycles. The third kappa shape index (κ3) is 8.26. The summed E-state index contributed by atoms with van der Waals surface area (Å²) >= 11 is 0. The van der Waals surface area contributed by atoms with E-state index in [9.17, 15) is 14.4 Å². The highest BCUT2D eigenvalue weighted by Crippen LogP contribution is 2.29. The fourth-order valence-corrected chi connectivity index (χ4v) is 3.01. The summed E-state index contributed by atoms with van der Waals surface area (Å²) in [6.07, 6.45) is -0.232. The van der Waals surface area contributed by atoms with E-state index in [1.54, 1.807) is 77.9 Å². The maximum absolute atomic E-state index is 12.6. The molecule has 9 heteroatoms. The zero-order chi connectivity index (χ0) is 27.3. The van der Waals surface area contributed by atoms with Crippen molar-refractivity contribution in [3.8, 4) is 11.1 Å². The summed E-state index contributed by atoms with van der Waals surface area (Å²) in [5, 5.41) is 14.1. The van der Waals surface area contributed by atoms with E-state index in [1.807, 2.05) is 6.07 Å². The maximum Gasteiger partial charge on any atom is 0.415 e. The van der Waals surface area contributed by atoms with Gasteiger partial charge < -0.3 is 14.8 Å². The Morgan fingerprint density at radius 3 is 2.11 bits per heavy atom. The zero-order valence-electron chi connectivity index (χ0n) is 21.8. The number of nitrogens with zero attached hydrogens (tertiary/aromatic N) is 1. The van der Waals surface area contributed by atoms with Gasteiger partial charge in [0.2, 0.25) is 5.91 Å². The van der Waals surface area contributed by atoms with Gasteiger partial charge in [-0.15, -0.1) is 0 Å². The lowest BCUT2D eigenvalue weighted by Crippen LogP contribution is -2.38. The van der Waals surface area contributed by atoms with Crippen molar-refractivity contribution in [3.05, 3.63) is 60.7 Å². The van der Waals surface area contributed by atoms with Gasteiger partial charge in [0.25, 0.3) is 0 Å². The van der Waals surface area contributed by atoms with Crippen LogP contribution in [0.1, 0.15) is 47.1 Å². The average molecular weight is 495 g/mol. The van der Waals surface area contributed by atoms with Crippen LogP contribution in [-0.2, 0) is 14.3 Å². The Morgan fingerprint density at radius 2 is 1.53 bits per heavy atom. The van der Waals surface area contributed by atoms with E-state index in [2.05, 4.69) is 17.2 Å². The van der Waals surface area contributed by atoms with Crippen LogP contribution in [0.15, 0.2) is 55.1 Å². The highest BCUT2D eigenvalue weighted by molar-refractivity contribution is 6.10. The standard InChI is InChI=1S/C27H34N4O5/c1-9-22(32)29-19-12-10-11-17(15-19)18-13-14-21(30-24(33)35-26(2,3)4)20(16-18)23(28)31(8)25(34)36-27(5,6)7/h9-16,28H,1H2,2-8H3,(H,29,32)(H,30,33). The number of hydrogen-bond donors (Lipinski definition) is 3. The van der Waals surface area contributed by atoms with Crippen LogP contribution in [0.3, 0.4) is 0 Å². The van der Waals surface area contributed by atoms with Gasteiger partial charge in [0, 0.05) is 18.3 Å². The number of amidine groups is 1. The van der Waals surface area contributed by atoms with Crippen molar-refractivity contribution in [2.75, 3.05) is 17.7 Å². The first-order valence-electron chi connectivity index (χ1n) is 11.3. The van der Waals surface area contributed by atoms with Gasteiger partial charge in [0.1, 0.15) is 17.0 Å². The summed E-state index contributed by atoms with van der Waals surface area (Å²) < 4.78 is 10.7. The fourth-order valence-electron chi connectivity index (χ4n) is 3.01. The molecular weight excluding hydrogens is 460 g/mol.